The highest BCUT2D eigenvalue weighted by molar-refractivity contribution is 7.89. The summed E-state index contributed by atoms with van der Waals surface area (Å²) in [5.41, 5.74) is 0.434. The molecule has 0 saturated carbocycles. The molecule has 9 nitrogen and oxygen atoms in total. The van der Waals surface area contributed by atoms with Crippen LogP contribution in [-0.2, 0) is 31.4 Å². The first-order valence-corrected chi connectivity index (χ1v) is 11.2. The van der Waals surface area contributed by atoms with Crippen molar-refractivity contribution in [2.24, 2.45) is 13.0 Å². The Labute approximate surface area is 180 Å². The van der Waals surface area contributed by atoms with Crippen LogP contribution < -0.4 is 5.32 Å². The van der Waals surface area contributed by atoms with Gasteiger partial charge in [0.25, 0.3) is 15.9 Å². The fourth-order valence-corrected chi connectivity index (χ4v) is 4.80. The predicted molar refractivity (Wildman–Crippen MR) is 110 cm³/mol. The van der Waals surface area contributed by atoms with Crippen LogP contribution in [0.3, 0.4) is 0 Å². The summed E-state index contributed by atoms with van der Waals surface area (Å²) in [7, 11) is -1.98. The molecule has 1 aromatic heterocycles. The monoisotopic (exact) mass is 454 g/mol. The fraction of sp³-hybridized carbons (Fsp3) is 0.421. The van der Waals surface area contributed by atoms with E-state index in [9.17, 15) is 18.0 Å². The maximum absolute atomic E-state index is 12.7. The molecular weight excluding hydrogens is 432 g/mol. The van der Waals surface area contributed by atoms with Gasteiger partial charge in [-0.1, -0.05) is 23.7 Å². The first kappa shape index (κ1) is 22.3. The number of anilines is 1. The molecule has 1 aliphatic rings. The number of imidazole rings is 1. The lowest BCUT2D eigenvalue weighted by molar-refractivity contribution is -0.152. The molecule has 162 valence electrons. The molecule has 1 amide bonds. The average molecular weight is 455 g/mol. The zero-order chi connectivity index (χ0) is 21.9. The van der Waals surface area contributed by atoms with E-state index in [0.29, 0.717) is 29.4 Å². The van der Waals surface area contributed by atoms with Gasteiger partial charge >= 0.3 is 5.97 Å². The highest BCUT2D eigenvalue weighted by Crippen LogP contribution is 2.24. The van der Waals surface area contributed by atoms with Crippen LogP contribution in [0, 0.1) is 12.8 Å². The van der Waals surface area contributed by atoms with Crippen molar-refractivity contribution < 1.29 is 22.7 Å². The molecule has 1 aliphatic heterocycles. The van der Waals surface area contributed by atoms with E-state index < -0.39 is 34.4 Å². The molecule has 1 N–H and O–H groups in total. The van der Waals surface area contributed by atoms with E-state index in [-0.39, 0.29) is 18.1 Å². The number of piperidine rings is 1. The number of aromatic nitrogens is 2. The summed E-state index contributed by atoms with van der Waals surface area (Å²) in [6.45, 7) is 1.66. The quantitative estimate of drug-likeness (QED) is 0.668. The fourth-order valence-electron chi connectivity index (χ4n) is 3.12. The second kappa shape index (κ2) is 9.15. The Hall–Kier alpha value is -2.43. The lowest BCUT2D eigenvalue weighted by atomic mass is 9.98. The molecule has 0 bridgehead atoms. The molecule has 1 saturated heterocycles. The smallest absolute Gasteiger partial charge is 0.309 e. The third kappa shape index (κ3) is 5.00. The number of ether oxygens (including phenoxy) is 1. The second-order valence-corrected chi connectivity index (χ2v) is 9.34. The van der Waals surface area contributed by atoms with Crippen molar-refractivity contribution in [3.8, 4) is 0 Å². The second-order valence-electron chi connectivity index (χ2n) is 7.05. The maximum Gasteiger partial charge on any atom is 0.309 e. The molecular formula is C19H23ClN4O5S. The molecule has 3 rings (SSSR count). The van der Waals surface area contributed by atoms with Gasteiger partial charge in [0, 0.05) is 26.3 Å². The van der Waals surface area contributed by atoms with Crippen molar-refractivity contribution in [3.63, 3.8) is 0 Å². The Morgan fingerprint density at radius 1 is 1.27 bits per heavy atom. The number of para-hydroxylation sites is 1. The summed E-state index contributed by atoms with van der Waals surface area (Å²) < 4.78 is 33.5. The van der Waals surface area contributed by atoms with Crippen LogP contribution in [0.5, 0.6) is 0 Å². The average Bonchev–Trinajstić information content (AvgIpc) is 3.07. The van der Waals surface area contributed by atoms with E-state index in [4.69, 9.17) is 16.3 Å². The zero-order valence-electron chi connectivity index (χ0n) is 16.7. The van der Waals surface area contributed by atoms with E-state index >= 15 is 0 Å². The molecule has 1 aromatic carbocycles. The number of carbonyl (C=O) groups excluding carboxylic acids is 2. The standard InChI is InChI=1S/C19H23ClN4O5S/c1-13-21-18(11-23(13)2)30(27,28)24-9-7-14(8-10-24)19(26)29-12-17(25)22-16-6-4-3-5-15(16)20/h3-6,11,14H,7-10,12H2,1-2H3,(H,22,25). The van der Waals surface area contributed by atoms with Gasteiger partial charge < -0.3 is 14.6 Å². The lowest BCUT2D eigenvalue weighted by Crippen LogP contribution is -2.41. The Bertz CT molecular complexity index is 1030. The largest absolute Gasteiger partial charge is 0.455 e. The van der Waals surface area contributed by atoms with Crippen molar-refractivity contribution in [3.05, 3.63) is 41.3 Å². The lowest BCUT2D eigenvalue weighted by Gasteiger charge is -2.29. The maximum atomic E-state index is 12.7. The summed E-state index contributed by atoms with van der Waals surface area (Å²) in [6.07, 6.45) is 2.11. The molecule has 2 aromatic rings. The van der Waals surface area contributed by atoms with E-state index in [1.807, 2.05) is 0 Å². The molecule has 0 radical (unpaired) electrons. The van der Waals surface area contributed by atoms with Crippen molar-refractivity contribution in [2.75, 3.05) is 25.0 Å². The van der Waals surface area contributed by atoms with Gasteiger partial charge in [-0.3, -0.25) is 9.59 Å². The van der Waals surface area contributed by atoms with Crippen molar-refractivity contribution in [1.29, 1.82) is 0 Å². The summed E-state index contributed by atoms with van der Waals surface area (Å²) in [4.78, 5) is 28.4. The van der Waals surface area contributed by atoms with E-state index in [1.54, 1.807) is 42.8 Å². The normalized spacial score (nSPS) is 15.7. The third-order valence-electron chi connectivity index (χ3n) is 4.97. The zero-order valence-corrected chi connectivity index (χ0v) is 18.2. The highest BCUT2D eigenvalue weighted by Gasteiger charge is 2.34. The van der Waals surface area contributed by atoms with E-state index in [0.717, 1.165) is 0 Å². The molecule has 30 heavy (non-hydrogen) atoms. The number of carbonyl (C=O) groups is 2. The third-order valence-corrected chi connectivity index (χ3v) is 7.07. The Balaban J connectivity index is 1.49. The van der Waals surface area contributed by atoms with Crippen molar-refractivity contribution in [1.82, 2.24) is 13.9 Å². The minimum atomic E-state index is -3.70. The Morgan fingerprint density at radius 2 is 1.93 bits per heavy atom. The van der Waals surface area contributed by atoms with Gasteiger partial charge in [0.15, 0.2) is 11.6 Å². The predicted octanol–water partition coefficient (Wildman–Crippen LogP) is 1.96. The molecule has 0 atom stereocenters. The number of amides is 1. The number of hydrogen-bond donors (Lipinski definition) is 1. The van der Waals surface area contributed by atoms with Crippen LogP contribution in [0.25, 0.3) is 0 Å². The summed E-state index contributed by atoms with van der Waals surface area (Å²) in [5, 5.41) is 2.96. The first-order valence-electron chi connectivity index (χ1n) is 9.39. The highest BCUT2D eigenvalue weighted by atomic mass is 35.5. The molecule has 0 aliphatic carbocycles. The molecule has 2 heterocycles. The number of benzene rings is 1. The number of aryl methyl sites for hydroxylation is 2. The van der Waals surface area contributed by atoms with Gasteiger partial charge in [-0.2, -0.15) is 4.31 Å². The van der Waals surface area contributed by atoms with Crippen LogP contribution >= 0.6 is 11.6 Å². The minimum Gasteiger partial charge on any atom is -0.455 e. The van der Waals surface area contributed by atoms with Gasteiger partial charge in [0.2, 0.25) is 0 Å². The number of sulfonamides is 1. The SMILES string of the molecule is Cc1nc(S(=O)(=O)N2CCC(C(=O)OCC(=O)Nc3ccccc3Cl)CC2)cn1C. The van der Waals surface area contributed by atoms with Crippen LogP contribution in [0.1, 0.15) is 18.7 Å². The Kier molecular flexibility index (Phi) is 6.79. The Morgan fingerprint density at radius 3 is 2.53 bits per heavy atom. The molecule has 0 spiro atoms. The van der Waals surface area contributed by atoms with Gasteiger partial charge in [-0.25, -0.2) is 13.4 Å². The number of rotatable bonds is 6. The van der Waals surface area contributed by atoms with Gasteiger partial charge in [0.05, 0.1) is 16.6 Å². The van der Waals surface area contributed by atoms with Gasteiger partial charge in [-0.05, 0) is 31.9 Å². The summed E-state index contributed by atoms with van der Waals surface area (Å²) in [6, 6.07) is 6.74. The first-order chi connectivity index (χ1) is 14.2. The topological polar surface area (TPSA) is 111 Å². The number of esters is 1. The van der Waals surface area contributed by atoms with Crippen LogP contribution in [0.2, 0.25) is 5.02 Å². The van der Waals surface area contributed by atoms with Crippen LogP contribution in [0.15, 0.2) is 35.5 Å². The minimum absolute atomic E-state index is 0.000213. The van der Waals surface area contributed by atoms with Crippen molar-refractivity contribution in [2.45, 2.75) is 24.8 Å². The van der Waals surface area contributed by atoms with Crippen molar-refractivity contribution >= 4 is 39.2 Å². The number of nitrogens with one attached hydrogen (secondary N) is 1. The van der Waals surface area contributed by atoms with E-state index in [2.05, 4.69) is 10.3 Å². The summed E-state index contributed by atoms with van der Waals surface area (Å²) in [5.74, 6) is -0.880. The van der Waals surface area contributed by atoms with Gasteiger partial charge in [0.1, 0.15) is 5.82 Å². The number of hydrogen-bond acceptors (Lipinski definition) is 6. The van der Waals surface area contributed by atoms with Crippen LogP contribution in [0.4, 0.5) is 5.69 Å². The number of halogens is 1. The van der Waals surface area contributed by atoms with Crippen LogP contribution in [-0.4, -0.2) is 53.8 Å². The number of nitrogens with zero attached hydrogens (tertiary/aromatic N) is 3. The summed E-state index contributed by atoms with van der Waals surface area (Å²) >= 11 is 5.98. The molecule has 11 heteroatoms. The van der Waals surface area contributed by atoms with Gasteiger partial charge in [-0.15, -0.1) is 0 Å². The molecule has 0 unspecified atom stereocenters. The molecule has 1 fully saturated rings. The van der Waals surface area contributed by atoms with E-state index in [1.165, 1.54) is 10.5 Å².